The fourth-order valence-corrected chi connectivity index (χ4v) is 1.21. The largest absolute Gasteiger partial charge is 0.457 e. The molecule has 17 heavy (non-hydrogen) atoms. The molecule has 1 rings (SSSR count). The minimum absolute atomic E-state index is 0.671. The highest BCUT2D eigenvalue weighted by atomic mass is 16.5. The van der Waals surface area contributed by atoms with Crippen molar-refractivity contribution in [1.82, 2.24) is 5.43 Å². The highest BCUT2D eigenvalue weighted by molar-refractivity contribution is 5.31. The number of nitrogens with one attached hydrogen (secondary N) is 1. The quantitative estimate of drug-likeness (QED) is 0.354. The minimum atomic E-state index is 0.671. The highest BCUT2D eigenvalue weighted by Gasteiger charge is 1.96. The van der Waals surface area contributed by atoms with Gasteiger partial charge in [-0.3, -0.25) is 5.84 Å². The van der Waals surface area contributed by atoms with Crippen LogP contribution >= 0.6 is 0 Å². The van der Waals surface area contributed by atoms with E-state index in [-0.39, 0.29) is 0 Å². The van der Waals surface area contributed by atoms with E-state index in [4.69, 9.17) is 10.6 Å². The van der Waals surface area contributed by atoms with Crippen molar-refractivity contribution >= 4 is 0 Å². The molecular formula is C14H18N2O. The van der Waals surface area contributed by atoms with Gasteiger partial charge in [-0.25, -0.2) is 0 Å². The van der Waals surface area contributed by atoms with Gasteiger partial charge in [-0.05, 0) is 49.8 Å². The molecule has 1 aromatic carbocycles. The van der Waals surface area contributed by atoms with E-state index < -0.39 is 0 Å². The van der Waals surface area contributed by atoms with Gasteiger partial charge in [0.05, 0.1) is 0 Å². The first-order chi connectivity index (χ1) is 8.15. The van der Waals surface area contributed by atoms with Crippen molar-refractivity contribution < 1.29 is 4.74 Å². The van der Waals surface area contributed by atoms with E-state index in [2.05, 4.69) is 12.0 Å². The second-order valence-electron chi connectivity index (χ2n) is 3.69. The van der Waals surface area contributed by atoms with Crippen LogP contribution in [0.1, 0.15) is 12.5 Å². The summed E-state index contributed by atoms with van der Waals surface area (Å²) in [6.45, 7) is 7.59. The summed E-state index contributed by atoms with van der Waals surface area (Å²) in [4.78, 5) is 0. The second kappa shape index (κ2) is 6.55. The predicted molar refractivity (Wildman–Crippen MR) is 71.2 cm³/mol. The maximum absolute atomic E-state index is 5.67. The van der Waals surface area contributed by atoms with Crippen LogP contribution < -0.4 is 16.0 Å². The number of ether oxygens (including phenoxy) is 1. The van der Waals surface area contributed by atoms with Crippen LogP contribution in [0, 0.1) is 6.92 Å². The molecule has 0 aliphatic heterocycles. The van der Waals surface area contributed by atoms with Crippen molar-refractivity contribution in [2.24, 2.45) is 5.84 Å². The Morgan fingerprint density at radius 3 is 2.76 bits per heavy atom. The van der Waals surface area contributed by atoms with Gasteiger partial charge in [-0.2, -0.15) is 0 Å². The maximum atomic E-state index is 5.67. The van der Waals surface area contributed by atoms with Crippen molar-refractivity contribution in [3.63, 3.8) is 0 Å². The SMILES string of the molecule is C=C/C(=C\C=C(/C)NN)Oc1cccc(C)c1. The molecule has 0 aliphatic rings. The predicted octanol–water partition coefficient (Wildman–Crippen LogP) is 2.81. The van der Waals surface area contributed by atoms with E-state index >= 15 is 0 Å². The highest BCUT2D eigenvalue weighted by Crippen LogP contribution is 2.16. The third-order valence-corrected chi connectivity index (χ3v) is 2.15. The van der Waals surface area contributed by atoms with Gasteiger partial charge in [0.25, 0.3) is 0 Å². The number of allylic oxidation sites excluding steroid dienone is 4. The number of aryl methyl sites for hydroxylation is 1. The zero-order chi connectivity index (χ0) is 12.7. The van der Waals surface area contributed by atoms with Crippen LogP contribution in [0.15, 0.2) is 60.5 Å². The lowest BCUT2D eigenvalue weighted by Gasteiger charge is -2.06. The first-order valence-corrected chi connectivity index (χ1v) is 5.38. The monoisotopic (exact) mass is 230 g/mol. The van der Waals surface area contributed by atoms with Crippen LogP contribution in [0.3, 0.4) is 0 Å². The van der Waals surface area contributed by atoms with E-state index in [9.17, 15) is 0 Å². The minimum Gasteiger partial charge on any atom is -0.457 e. The summed E-state index contributed by atoms with van der Waals surface area (Å²) in [7, 11) is 0. The molecule has 3 heteroatoms. The Labute approximate surface area is 102 Å². The van der Waals surface area contributed by atoms with Crippen LogP contribution in [0.5, 0.6) is 5.75 Å². The Morgan fingerprint density at radius 2 is 2.18 bits per heavy atom. The topological polar surface area (TPSA) is 47.3 Å². The number of benzene rings is 1. The van der Waals surface area contributed by atoms with Gasteiger partial charge in [0.2, 0.25) is 0 Å². The van der Waals surface area contributed by atoms with Gasteiger partial charge in [0.1, 0.15) is 11.5 Å². The number of hydrogen-bond donors (Lipinski definition) is 2. The van der Waals surface area contributed by atoms with Gasteiger partial charge in [0, 0.05) is 5.70 Å². The van der Waals surface area contributed by atoms with Crippen molar-refractivity contribution in [1.29, 1.82) is 0 Å². The average Bonchev–Trinajstić information content (AvgIpc) is 2.34. The molecule has 0 amide bonds. The van der Waals surface area contributed by atoms with Crippen LogP contribution in [0.4, 0.5) is 0 Å². The number of hydrogen-bond acceptors (Lipinski definition) is 3. The van der Waals surface area contributed by atoms with E-state index in [1.807, 2.05) is 50.3 Å². The molecule has 0 fully saturated rings. The molecule has 0 heterocycles. The Kier molecular flexibility index (Phi) is 5.04. The van der Waals surface area contributed by atoms with Crippen molar-refractivity contribution in [3.8, 4) is 5.75 Å². The van der Waals surface area contributed by atoms with Gasteiger partial charge < -0.3 is 10.2 Å². The van der Waals surface area contributed by atoms with E-state index in [1.54, 1.807) is 6.08 Å². The lowest BCUT2D eigenvalue weighted by atomic mass is 10.2. The van der Waals surface area contributed by atoms with Gasteiger partial charge in [-0.15, -0.1) is 0 Å². The third-order valence-electron chi connectivity index (χ3n) is 2.15. The van der Waals surface area contributed by atoms with Crippen LogP contribution in [-0.4, -0.2) is 0 Å². The van der Waals surface area contributed by atoms with Crippen molar-refractivity contribution in [2.75, 3.05) is 0 Å². The Bertz CT molecular complexity index is 447. The molecule has 0 radical (unpaired) electrons. The standard InChI is InChI=1S/C14H18N2O/c1-4-13(9-8-12(3)16-15)17-14-7-5-6-11(2)10-14/h4-10,16H,1,15H2,2-3H3/b12-8+,13-9+. The third kappa shape index (κ3) is 4.57. The smallest absolute Gasteiger partial charge is 0.127 e. The normalized spacial score (nSPS) is 12.2. The molecule has 0 atom stereocenters. The number of nitrogens with two attached hydrogens (primary N) is 1. The summed E-state index contributed by atoms with van der Waals surface area (Å²) < 4.78 is 5.67. The van der Waals surface area contributed by atoms with Gasteiger partial charge in [0.15, 0.2) is 0 Å². The summed E-state index contributed by atoms with van der Waals surface area (Å²) in [6.07, 6.45) is 5.29. The number of rotatable bonds is 5. The molecule has 3 N–H and O–H groups in total. The lowest BCUT2D eigenvalue weighted by Crippen LogP contribution is -2.18. The Morgan fingerprint density at radius 1 is 1.41 bits per heavy atom. The molecule has 0 aromatic heterocycles. The first-order valence-electron chi connectivity index (χ1n) is 5.38. The average molecular weight is 230 g/mol. The molecule has 0 saturated carbocycles. The maximum Gasteiger partial charge on any atom is 0.127 e. The molecule has 0 saturated heterocycles. The molecule has 1 aromatic rings. The molecule has 3 nitrogen and oxygen atoms in total. The summed E-state index contributed by atoms with van der Waals surface area (Å²) in [5.74, 6) is 6.72. The van der Waals surface area contributed by atoms with E-state index in [0.29, 0.717) is 5.76 Å². The van der Waals surface area contributed by atoms with E-state index in [0.717, 1.165) is 17.0 Å². The van der Waals surface area contributed by atoms with Crippen LogP contribution in [0.2, 0.25) is 0 Å². The first kappa shape index (κ1) is 13.1. The zero-order valence-electron chi connectivity index (χ0n) is 10.2. The Balaban J connectivity index is 2.80. The zero-order valence-corrected chi connectivity index (χ0v) is 10.2. The van der Waals surface area contributed by atoms with Gasteiger partial charge >= 0.3 is 0 Å². The lowest BCUT2D eigenvalue weighted by molar-refractivity contribution is 0.444. The van der Waals surface area contributed by atoms with Crippen LogP contribution in [0.25, 0.3) is 0 Å². The van der Waals surface area contributed by atoms with Gasteiger partial charge in [-0.1, -0.05) is 18.7 Å². The van der Waals surface area contributed by atoms with Crippen molar-refractivity contribution in [3.05, 3.63) is 66.1 Å². The molecule has 0 aliphatic carbocycles. The summed E-state index contributed by atoms with van der Waals surface area (Å²) in [5, 5.41) is 0. The number of hydrazine groups is 1. The summed E-state index contributed by atoms with van der Waals surface area (Å²) in [6, 6.07) is 7.84. The van der Waals surface area contributed by atoms with E-state index in [1.165, 1.54) is 0 Å². The molecular weight excluding hydrogens is 212 g/mol. The molecule has 90 valence electrons. The van der Waals surface area contributed by atoms with Crippen molar-refractivity contribution in [2.45, 2.75) is 13.8 Å². The second-order valence-corrected chi connectivity index (χ2v) is 3.69. The molecule has 0 bridgehead atoms. The molecule has 0 spiro atoms. The van der Waals surface area contributed by atoms with Crippen LogP contribution in [-0.2, 0) is 0 Å². The molecule has 0 unspecified atom stereocenters. The fourth-order valence-electron chi connectivity index (χ4n) is 1.21. The Hall–Kier alpha value is -2.00. The summed E-state index contributed by atoms with van der Waals surface area (Å²) in [5.41, 5.74) is 4.54. The summed E-state index contributed by atoms with van der Waals surface area (Å²) >= 11 is 0. The fraction of sp³-hybridized carbons (Fsp3) is 0.143.